The Morgan fingerprint density at radius 1 is 1.07 bits per heavy atom. The lowest BCUT2D eigenvalue weighted by atomic mass is 9.74. The Labute approximate surface area is 164 Å². The maximum Gasteiger partial charge on any atom is 0.416 e. The van der Waals surface area contributed by atoms with Gasteiger partial charge in [-0.2, -0.15) is 25.9 Å². The molecule has 3 rings (SSSR count). The standard InChI is InChI=1S/C19H27F3N2O3S/c20-19(21,22)17-7-5-6-16(14-17)18(8-12-27-13-9-18)15-23-28(25,26)24-10-3-1-2-4-11-24/h5-7,14,23H,1-4,8-13,15H2. The summed E-state index contributed by atoms with van der Waals surface area (Å²) in [5, 5.41) is 0. The van der Waals surface area contributed by atoms with Crippen molar-refractivity contribution >= 4 is 10.2 Å². The SMILES string of the molecule is O=S(=O)(NCC1(c2cccc(C(F)(F)F)c2)CCOCC1)N1CCCCCC1. The van der Waals surface area contributed by atoms with Gasteiger partial charge in [-0.15, -0.1) is 0 Å². The van der Waals surface area contributed by atoms with Gasteiger partial charge in [0.25, 0.3) is 10.2 Å². The fraction of sp³-hybridized carbons (Fsp3) is 0.684. The number of hydrogen-bond acceptors (Lipinski definition) is 3. The van der Waals surface area contributed by atoms with Crippen LogP contribution in [-0.2, 0) is 26.5 Å². The van der Waals surface area contributed by atoms with E-state index >= 15 is 0 Å². The normalized spacial score (nSPS) is 22.0. The monoisotopic (exact) mass is 420 g/mol. The van der Waals surface area contributed by atoms with Crippen molar-refractivity contribution in [2.45, 2.75) is 50.1 Å². The van der Waals surface area contributed by atoms with E-state index in [1.807, 2.05) is 0 Å². The lowest BCUT2D eigenvalue weighted by Crippen LogP contribution is -2.49. The first-order valence-corrected chi connectivity index (χ1v) is 11.2. The second-order valence-corrected chi connectivity index (χ2v) is 9.37. The molecule has 1 N–H and O–H groups in total. The Morgan fingerprint density at radius 3 is 2.32 bits per heavy atom. The van der Waals surface area contributed by atoms with Crippen molar-refractivity contribution in [1.29, 1.82) is 0 Å². The van der Waals surface area contributed by atoms with Crippen LogP contribution >= 0.6 is 0 Å². The first-order chi connectivity index (χ1) is 13.2. The van der Waals surface area contributed by atoms with Crippen LogP contribution < -0.4 is 4.72 Å². The van der Waals surface area contributed by atoms with Crippen molar-refractivity contribution in [3.63, 3.8) is 0 Å². The van der Waals surface area contributed by atoms with Gasteiger partial charge in [-0.3, -0.25) is 0 Å². The number of hydrogen-bond donors (Lipinski definition) is 1. The molecule has 0 saturated carbocycles. The zero-order valence-corrected chi connectivity index (χ0v) is 16.6. The zero-order chi connectivity index (χ0) is 20.3. The smallest absolute Gasteiger partial charge is 0.381 e. The molecule has 2 heterocycles. The molecule has 0 amide bonds. The molecule has 5 nitrogen and oxygen atoms in total. The van der Waals surface area contributed by atoms with Crippen molar-refractivity contribution in [2.75, 3.05) is 32.8 Å². The third-order valence-corrected chi connectivity index (χ3v) is 7.30. The Kier molecular flexibility index (Phi) is 6.69. The number of nitrogens with zero attached hydrogens (tertiary/aromatic N) is 1. The van der Waals surface area contributed by atoms with Crippen LogP contribution in [0.15, 0.2) is 24.3 Å². The average molecular weight is 420 g/mol. The zero-order valence-electron chi connectivity index (χ0n) is 15.8. The second kappa shape index (κ2) is 8.69. The molecule has 2 aliphatic rings. The van der Waals surface area contributed by atoms with Gasteiger partial charge < -0.3 is 4.74 Å². The molecule has 0 spiro atoms. The molecule has 2 aliphatic heterocycles. The number of alkyl halides is 3. The van der Waals surface area contributed by atoms with Crippen LogP contribution in [0.1, 0.15) is 49.7 Å². The highest BCUT2D eigenvalue weighted by molar-refractivity contribution is 7.87. The number of ether oxygens (including phenoxy) is 1. The lowest BCUT2D eigenvalue weighted by Gasteiger charge is -2.38. The van der Waals surface area contributed by atoms with Gasteiger partial charge >= 0.3 is 6.18 Å². The minimum atomic E-state index is -4.44. The Morgan fingerprint density at radius 2 is 1.71 bits per heavy atom. The molecule has 0 aromatic heterocycles. The highest BCUT2D eigenvalue weighted by atomic mass is 32.2. The minimum Gasteiger partial charge on any atom is -0.381 e. The summed E-state index contributed by atoms with van der Waals surface area (Å²) in [5.74, 6) is 0. The summed E-state index contributed by atoms with van der Waals surface area (Å²) in [6, 6.07) is 5.23. The summed E-state index contributed by atoms with van der Waals surface area (Å²) in [6.07, 6.45) is 0.178. The molecular formula is C19H27F3N2O3S. The Balaban J connectivity index is 1.82. The van der Waals surface area contributed by atoms with Crippen molar-refractivity contribution < 1.29 is 26.3 Å². The van der Waals surface area contributed by atoms with Crippen LogP contribution in [-0.4, -0.2) is 45.6 Å². The largest absolute Gasteiger partial charge is 0.416 e. The van der Waals surface area contributed by atoms with Crippen LogP contribution in [0, 0.1) is 0 Å². The van der Waals surface area contributed by atoms with Gasteiger partial charge in [-0.1, -0.05) is 31.0 Å². The fourth-order valence-corrected chi connectivity index (χ4v) is 5.34. The maximum atomic E-state index is 13.2. The van der Waals surface area contributed by atoms with Crippen LogP contribution in [0.2, 0.25) is 0 Å². The summed E-state index contributed by atoms with van der Waals surface area (Å²) in [7, 11) is -3.67. The van der Waals surface area contributed by atoms with E-state index in [0.29, 0.717) is 44.7 Å². The first-order valence-electron chi connectivity index (χ1n) is 9.73. The van der Waals surface area contributed by atoms with E-state index in [2.05, 4.69) is 4.72 Å². The summed E-state index contributed by atoms with van der Waals surface area (Å²) in [5.41, 5.74) is -0.922. The minimum absolute atomic E-state index is 0.0660. The predicted molar refractivity (Wildman–Crippen MR) is 100 cm³/mol. The molecule has 0 unspecified atom stereocenters. The molecule has 0 radical (unpaired) electrons. The van der Waals surface area contributed by atoms with Gasteiger partial charge in [0.15, 0.2) is 0 Å². The van der Waals surface area contributed by atoms with Crippen LogP contribution in [0.25, 0.3) is 0 Å². The third kappa shape index (κ3) is 5.06. The van der Waals surface area contributed by atoms with Gasteiger partial charge in [0.2, 0.25) is 0 Å². The van der Waals surface area contributed by atoms with E-state index in [-0.39, 0.29) is 6.54 Å². The van der Waals surface area contributed by atoms with E-state index < -0.39 is 27.4 Å². The van der Waals surface area contributed by atoms with Crippen molar-refractivity contribution in [2.24, 2.45) is 0 Å². The molecule has 2 saturated heterocycles. The molecule has 28 heavy (non-hydrogen) atoms. The lowest BCUT2D eigenvalue weighted by molar-refractivity contribution is -0.137. The van der Waals surface area contributed by atoms with Gasteiger partial charge in [-0.25, -0.2) is 4.72 Å². The van der Waals surface area contributed by atoms with E-state index in [0.717, 1.165) is 37.8 Å². The van der Waals surface area contributed by atoms with Crippen molar-refractivity contribution in [3.8, 4) is 0 Å². The fourth-order valence-electron chi connectivity index (χ4n) is 3.96. The number of rotatable bonds is 5. The molecule has 0 aliphatic carbocycles. The van der Waals surface area contributed by atoms with Gasteiger partial charge in [0, 0.05) is 38.3 Å². The number of nitrogens with one attached hydrogen (secondary N) is 1. The molecule has 1 aromatic carbocycles. The molecule has 1 aromatic rings. The summed E-state index contributed by atoms with van der Waals surface area (Å²) < 4.78 is 74.6. The molecular weight excluding hydrogens is 393 g/mol. The van der Waals surface area contributed by atoms with Gasteiger partial charge in [0.05, 0.1) is 5.56 Å². The first kappa shape index (κ1) is 21.5. The molecule has 0 bridgehead atoms. The molecule has 9 heteroatoms. The summed E-state index contributed by atoms with van der Waals surface area (Å²) >= 11 is 0. The topological polar surface area (TPSA) is 58.6 Å². The van der Waals surface area contributed by atoms with E-state index in [4.69, 9.17) is 4.74 Å². The Bertz CT molecular complexity index is 754. The summed E-state index contributed by atoms with van der Waals surface area (Å²) in [6.45, 7) is 1.81. The Hall–Kier alpha value is -1.16. The van der Waals surface area contributed by atoms with Crippen LogP contribution in [0.5, 0.6) is 0 Å². The highest BCUT2D eigenvalue weighted by Crippen LogP contribution is 2.38. The van der Waals surface area contributed by atoms with Crippen LogP contribution in [0.4, 0.5) is 13.2 Å². The quantitative estimate of drug-likeness (QED) is 0.794. The molecule has 158 valence electrons. The van der Waals surface area contributed by atoms with Crippen molar-refractivity contribution in [3.05, 3.63) is 35.4 Å². The molecule has 2 fully saturated rings. The molecule has 0 atom stereocenters. The number of benzene rings is 1. The predicted octanol–water partition coefficient (Wildman–Crippen LogP) is 3.46. The van der Waals surface area contributed by atoms with E-state index in [1.165, 1.54) is 10.4 Å². The highest BCUT2D eigenvalue weighted by Gasteiger charge is 2.38. The van der Waals surface area contributed by atoms with Gasteiger partial charge in [-0.05, 0) is 37.3 Å². The second-order valence-electron chi connectivity index (χ2n) is 7.61. The van der Waals surface area contributed by atoms with E-state index in [9.17, 15) is 21.6 Å². The van der Waals surface area contributed by atoms with Gasteiger partial charge in [0.1, 0.15) is 0 Å². The van der Waals surface area contributed by atoms with Crippen LogP contribution in [0.3, 0.4) is 0 Å². The summed E-state index contributed by atoms with van der Waals surface area (Å²) in [4.78, 5) is 0. The third-order valence-electron chi connectivity index (χ3n) is 5.75. The van der Waals surface area contributed by atoms with E-state index in [1.54, 1.807) is 6.07 Å². The van der Waals surface area contributed by atoms with Crippen molar-refractivity contribution in [1.82, 2.24) is 9.03 Å². The average Bonchev–Trinajstić information content (AvgIpc) is 2.97. The maximum absolute atomic E-state index is 13.2. The number of halogens is 3.